The van der Waals surface area contributed by atoms with Gasteiger partial charge in [-0.3, -0.25) is 4.79 Å². The van der Waals surface area contributed by atoms with Crippen LogP contribution in [0.25, 0.3) is 0 Å². The Morgan fingerprint density at radius 1 is 1.19 bits per heavy atom. The molecule has 2 rings (SSSR count). The molecule has 1 amide bonds. The number of carbonyl (C=O) groups is 1. The van der Waals surface area contributed by atoms with Gasteiger partial charge in [-0.2, -0.15) is 0 Å². The molecule has 0 spiro atoms. The summed E-state index contributed by atoms with van der Waals surface area (Å²) in [4.78, 5) is 11.4. The molecule has 1 N–H and O–H groups in total. The van der Waals surface area contributed by atoms with E-state index in [9.17, 15) is 4.79 Å². The van der Waals surface area contributed by atoms with Crippen molar-refractivity contribution in [1.29, 1.82) is 0 Å². The van der Waals surface area contributed by atoms with Crippen LogP contribution in [0.4, 0.5) is 0 Å². The average Bonchev–Trinajstić information content (AvgIpc) is 2.72. The molecule has 2 aliphatic rings. The van der Waals surface area contributed by atoms with Gasteiger partial charge in [0.1, 0.15) is 6.10 Å². The molecule has 16 heavy (non-hydrogen) atoms. The van der Waals surface area contributed by atoms with Crippen molar-refractivity contribution in [3.05, 3.63) is 11.8 Å². The van der Waals surface area contributed by atoms with E-state index in [1.165, 1.54) is 5.76 Å². The maximum atomic E-state index is 11.4. The third-order valence-corrected chi connectivity index (χ3v) is 3.28. The zero-order valence-electron chi connectivity index (χ0n) is 9.84. The van der Waals surface area contributed by atoms with E-state index in [-0.39, 0.29) is 5.91 Å². The molecule has 1 unspecified atom stereocenters. The van der Waals surface area contributed by atoms with E-state index in [1.54, 1.807) is 0 Å². The summed E-state index contributed by atoms with van der Waals surface area (Å²) in [6.07, 6.45) is 10.7. The van der Waals surface area contributed by atoms with E-state index < -0.39 is 0 Å². The number of hydrogen-bond acceptors (Lipinski definition) is 2. The van der Waals surface area contributed by atoms with E-state index >= 15 is 0 Å². The van der Waals surface area contributed by atoms with Crippen LogP contribution in [0.2, 0.25) is 0 Å². The summed E-state index contributed by atoms with van der Waals surface area (Å²) in [5.74, 6) is 1.39. The lowest BCUT2D eigenvalue weighted by molar-refractivity contribution is -0.121. The molecular formula is C13H21NO2. The Morgan fingerprint density at radius 3 is 3.00 bits per heavy atom. The Bertz CT molecular complexity index is 273. The third kappa shape index (κ3) is 3.54. The first kappa shape index (κ1) is 11.5. The first-order chi connectivity index (χ1) is 7.84. The topological polar surface area (TPSA) is 38.3 Å². The van der Waals surface area contributed by atoms with Gasteiger partial charge in [0.05, 0.1) is 5.76 Å². The van der Waals surface area contributed by atoms with Crippen LogP contribution < -0.4 is 5.32 Å². The van der Waals surface area contributed by atoms with Crippen LogP contribution in [-0.2, 0) is 9.53 Å². The van der Waals surface area contributed by atoms with Crippen molar-refractivity contribution in [2.24, 2.45) is 0 Å². The Hall–Kier alpha value is -0.990. The highest BCUT2D eigenvalue weighted by molar-refractivity contribution is 5.75. The highest BCUT2D eigenvalue weighted by Crippen LogP contribution is 2.25. The summed E-state index contributed by atoms with van der Waals surface area (Å²) < 4.78 is 5.86. The lowest BCUT2D eigenvalue weighted by Gasteiger charge is -2.12. The standard InChI is InChI=1S/C13H21NO2/c15-13-7-2-1-5-11-8-9-12(16-11)6-3-4-10-14-13/h9,11H,1-8,10H2,(H,14,15). The van der Waals surface area contributed by atoms with E-state index in [1.807, 2.05) is 0 Å². The minimum Gasteiger partial charge on any atom is -0.495 e. The predicted octanol–water partition coefficient (Wildman–Crippen LogP) is 2.52. The van der Waals surface area contributed by atoms with Gasteiger partial charge in [0.15, 0.2) is 0 Å². The highest BCUT2D eigenvalue weighted by atomic mass is 16.5. The summed E-state index contributed by atoms with van der Waals surface area (Å²) in [7, 11) is 0. The molecule has 3 nitrogen and oxygen atoms in total. The first-order valence-corrected chi connectivity index (χ1v) is 6.47. The zero-order chi connectivity index (χ0) is 11.2. The fraction of sp³-hybridized carbons (Fsp3) is 0.769. The zero-order valence-corrected chi connectivity index (χ0v) is 9.84. The molecule has 2 heterocycles. The fourth-order valence-corrected chi connectivity index (χ4v) is 2.31. The average molecular weight is 223 g/mol. The second kappa shape index (κ2) is 5.92. The number of amides is 1. The van der Waals surface area contributed by atoms with Crippen molar-refractivity contribution in [3.8, 4) is 0 Å². The number of nitrogens with one attached hydrogen (secondary N) is 1. The van der Waals surface area contributed by atoms with Gasteiger partial charge in [0, 0.05) is 25.8 Å². The van der Waals surface area contributed by atoms with E-state index in [0.717, 1.165) is 51.5 Å². The molecule has 1 atom stereocenters. The number of hydrogen-bond donors (Lipinski definition) is 1. The number of allylic oxidation sites excluding steroid dienone is 1. The summed E-state index contributed by atoms with van der Waals surface area (Å²) in [5, 5.41) is 2.97. The van der Waals surface area contributed by atoms with Gasteiger partial charge in [-0.25, -0.2) is 0 Å². The molecule has 0 radical (unpaired) electrons. The van der Waals surface area contributed by atoms with Gasteiger partial charge < -0.3 is 10.1 Å². The van der Waals surface area contributed by atoms with Crippen molar-refractivity contribution < 1.29 is 9.53 Å². The highest BCUT2D eigenvalue weighted by Gasteiger charge is 2.17. The summed E-state index contributed by atoms with van der Waals surface area (Å²) in [6.45, 7) is 0.815. The lowest BCUT2D eigenvalue weighted by atomic mass is 10.1. The van der Waals surface area contributed by atoms with Gasteiger partial charge in [-0.05, 0) is 38.2 Å². The minimum atomic E-state index is 0.213. The van der Waals surface area contributed by atoms with Gasteiger partial charge in [-0.15, -0.1) is 0 Å². The van der Waals surface area contributed by atoms with Crippen LogP contribution in [0.1, 0.15) is 51.4 Å². The molecule has 2 bridgehead atoms. The second-order valence-corrected chi connectivity index (χ2v) is 4.70. The Morgan fingerprint density at radius 2 is 2.06 bits per heavy atom. The van der Waals surface area contributed by atoms with Crippen molar-refractivity contribution in [3.63, 3.8) is 0 Å². The number of carbonyl (C=O) groups excluding carboxylic acids is 1. The van der Waals surface area contributed by atoms with Gasteiger partial charge in [0.25, 0.3) is 0 Å². The van der Waals surface area contributed by atoms with Crippen molar-refractivity contribution >= 4 is 5.91 Å². The van der Waals surface area contributed by atoms with E-state index in [4.69, 9.17) is 4.74 Å². The smallest absolute Gasteiger partial charge is 0.219 e. The quantitative estimate of drug-likeness (QED) is 0.685. The number of ether oxygens (including phenoxy) is 1. The molecule has 1 fully saturated rings. The molecule has 90 valence electrons. The van der Waals surface area contributed by atoms with Crippen LogP contribution in [0.15, 0.2) is 11.8 Å². The van der Waals surface area contributed by atoms with E-state index in [2.05, 4.69) is 11.4 Å². The Kier molecular flexibility index (Phi) is 4.25. The molecule has 0 aliphatic carbocycles. The Labute approximate surface area is 97.2 Å². The molecule has 0 saturated carbocycles. The van der Waals surface area contributed by atoms with Gasteiger partial charge >= 0.3 is 0 Å². The summed E-state index contributed by atoms with van der Waals surface area (Å²) in [6, 6.07) is 0. The molecule has 0 aromatic rings. The molecule has 2 aliphatic heterocycles. The summed E-state index contributed by atoms with van der Waals surface area (Å²) >= 11 is 0. The predicted molar refractivity (Wildman–Crippen MR) is 62.9 cm³/mol. The lowest BCUT2D eigenvalue weighted by Crippen LogP contribution is -2.23. The number of fused-ring (bicyclic) bond motifs is 2. The van der Waals surface area contributed by atoms with Crippen LogP contribution in [-0.4, -0.2) is 18.6 Å². The van der Waals surface area contributed by atoms with Crippen LogP contribution in [0.5, 0.6) is 0 Å². The first-order valence-electron chi connectivity index (χ1n) is 6.47. The van der Waals surface area contributed by atoms with Gasteiger partial charge in [0.2, 0.25) is 5.91 Å². The van der Waals surface area contributed by atoms with Crippen LogP contribution in [0, 0.1) is 0 Å². The third-order valence-electron chi connectivity index (χ3n) is 3.28. The summed E-state index contributed by atoms with van der Waals surface area (Å²) in [5.41, 5.74) is 0. The maximum absolute atomic E-state index is 11.4. The van der Waals surface area contributed by atoms with Crippen molar-refractivity contribution in [1.82, 2.24) is 5.32 Å². The fourth-order valence-electron chi connectivity index (χ4n) is 2.31. The molecule has 3 heteroatoms. The Balaban J connectivity index is 1.81. The molecule has 1 saturated heterocycles. The molecule has 0 aromatic carbocycles. The monoisotopic (exact) mass is 223 g/mol. The normalized spacial score (nSPS) is 27.9. The van der Waals surface area contributed by atoms with Crippen molar-refractivity contribution in [2.75, 3.05) is 6.54 Å². The molecule has 0 aromatic heterocycles. The second-order valence-electron chi connectivity index (χ2n) is 4.70. The SMILES string of the molecule is O=C1CCCCC2CC=C(CCCCN1)O2. The van der Waals surface area contributed by atoms with E-state index in [0.29, 0.717) is 12.5 Å². The largest absolute Gasteiger partial charge is 0.495 e. The minimum absolute atomic E-state index is 0.213. The maximum Gasteiger partial charge on any atom is 0.219 e. The molecular weight excluding hydrogens is 202 g/mol. The van der Waals surface area contributed by atoms with Gasteiger partial charge in [-0.1, -0.05) is 0 Å². The van der Waals surface area contributed by atoms with Crippen molar-refractivity contribution in [2.45, 2.75) is 57.5 Å². The van der Waals surface area contributed by atoms with Crippen LogP contribution in [0.3, 0.4) is 0 Å². The van der Waals surface area contributed by atoms with Crippen LogP contribution >= 0.6 is 0 Å². The number of rotatable bonds is 0.